The number of H-pyrrole nitrogens is 1. The van der Waals surface area contributed by atoms with Gasteiger partial charge in [-0.3, -0.25) is 9.59 Å². The second-order valence-electron chi connectivity index (χ2n) is 8.12. The minimum Gasteiger partial charge on any atom is -0.316 e. The van der Waals surface area contributed by atoms with Crippen molar-refractivity contribution in [1.82, 2.24) is 19.9 Å². The van der Waals surface area contributed by atoms with Crippen molar-refractivity contribution in [1.29, 1.82) is 0 Å². The lowest BCUT2D eigenvalue weighted by molar-refractivity contribution is 0.552. The molecule has 0 bridgehead atoms. The van der Waals surface area contributed by atoms with Gasteiger partial charge in [-0.2, -0.15) is 0 Å². The molecule has 164 valence electrons. The van der Waals surface area contributed by atoms with E-state index in [0.717, 1.165) is 24.9 Å². The van der Waals surface area contributed by atoms with Crippen molar-refractivity contribution in [3.05, 3.63) is 73.9 Å². The molecule has 2 aromatic heterocycles. The zero-order chi connectivity index (χ0) is 22.4. The number of pyridine rings is 1. The largest absolute Gasteiger partial charge is 0.316 e. The minimum atomic E-state index is -0.297. The number of benzene rings is 1. The van der Waals surface area contributed by atoms with Crippen LogP contribution in [0.25, 0.3) is 22.6 Å². The first kappa shape index (κ1) is 23.0. The Bertz CT molecular complexity index is 1150. The summed E-state index contributed by atoms with van der Waals surface area (Å²) in [4.78, 5) is 32.2. The summed E-state index contributed by atoms with van der Waals surface area (Å²) in [5.41, 5.74) is 2.35. The van der Waals surface area contributed by atoms with E-state index in [1.165, 1.54) is 12.1 Å². The number of aromatic amines is 1. The van der Waals surface area contributed by atoms with E-state index in [1.54, 1.807) is 10.8 Å². The molecule has 0 atom stereocenters. The highest BCUT2D eigenvalue weighted by molar-refractivity contribution is 6.33. The van der Waals surface area contributed by atoms with Crippen molar-refractivity contribution >= 4 is 11.6 Å². The quantitative estimate of drug-likeness (QED) is 0.514. The number of nitrogens with one attached hydrogen (secondary N) is 2. The van der Waals surface area contributed by atoms with Gasteiger partial charge >= 0.3 is 0 Å². The van der Waals surface area contributed by atoms with Crippen molar-refractivity contribution in [2.75, 3.05) is 6.54 Å². The van der Waals surface area contributed by atoms with Crippen LogP contribution in [0.5, 0.6) is 0 Å². The molecule has 0 saturated heterocycles. The van der Waals surface area contributed by atoms with E-state index in [1.807, 2.05) is 24.3 Å². The molecule has 0 aliphatic carbocycles. The van der Waals surface area contributed by atoms with E-state index in [4.69, 9.17) is 11.6 Å². The standard InChI is InChI=1S/C24H29ClN4O2/c1-4-5-9-29-10-8-18(12-23(29)31)21-13-22(30)28-24(27-21)19-11-17(6-7-20(19)25)15-26-14-16(2)3/h6-8,10-13,16,26H,4-5,9,14-15H2,1-3H3,(H,27,28,30). The van der Waals surface area contributed by atoms with E-state index in [9.17, 15) is 9.59 Å². The highest BCUT2D eigenvalue weighted by Gasteiger charge is 2.11. The van der Waals surface area contributed by atoms with Gasteiger partial charge in [-0.1, -0.05) is 44.9 Å². The number of hydrogen-bond donors (Lipinski definition) is 2. The summed E-state index contributed by atoms with van der Waals surface area (Å²) < 4.78 is 1.67. The molecular formula is C24H29ClN4O2. The molecule has 7 heteroatoms. The molecule has 6 nitrogen and oxygen atoms in total. The van der Waals surface area contributed by atoms with Gasteiger partial charge in [0.15, 0.2) is 0 Å². The molecule has 0 spiro atoms. The normalized spacial score (nSPS) is 11.3. The van der Waals surface area contributed by atoms with Crippen LogP contribution in [-0.4, -0.2) is 21.1 Å². The van der Waals surface area contributed by atoms with Gasteiger partial charge in [0.25, 0.3) is 11.1 Å². The summed E-state index contributed by atoms with van der Waals surface area (Å²) >= 11 is 6.42. The summed E-state index contributed by atoms with van der Waals surface area (Å²) in [6, 6.07) is 10.4. The van der Waals surface area contributed by atoms with E-state index in [-0.39, 0.29) is 11.1 Å². The summed E-state index contributed by atoms with van der Waals surface area (Å²) in [7, 11) is 0. The Hall–Kier alpha value is -2.70. The fourth-order valence-electron chi connectivity index (χ4n) is 3.28. The van der Waals surface area contributed by atoms with Crippen LogP contribution < -0.4 is 16.4 Å². The first-order valence-corrected chi connectivity index (χ1v) is 11.1. The fourth-order valence-corrected chi connectivity index (χ4v) is 3.49. The SMILES string of the molecule is CCCCn1ccc(-c2cc(=O)[nH]c(-c3cc(CNCC(C)C)ccc3Cl)n2)cc1=O. The molecule has 0 radical (unpaired) electrons. The number of aryl methyl sites for hydroxylation is 1. The van der Waals surface area contributed by atoms with Gasteiger partial charge in [0.2, 0.25) is 0 Å². The van der Waals surface area contributed by atoms with Crippen LogP contribution in [0.1, 0.15) is 39.2 Å². The lowest BCUT2D eigenvalue weighted by atomic mass is 10.1. The van der Waals surface area contributed by atoms with Crippen molar-refractivity contribution in [3.63, 3.8) is 0 Å². The number of hydrogen-bond acceptors (Lipinski definition) is 4. The average Bonchev–Trinajstić information content (AvgIpc) is 2.73. The summed E-state index contributed by atoms with van der Waals surface area (Å²) in [5.74, 6) is 0.937. The molecule has 3 aromatic rings. The van der Waals surface area contributed by atoms with Gasteiger partial charge in [0, 0.05) is 42.5 Å². The summed E-state index contributed by atoms with van der Waals surface area (Å²) in [6.45, 7) is 8.68. The van der Waals surface area contributed by atoms with Crippen molar-refractivity contribution < 1.29 is 0 Å². The van der Waals surface area contributed by atoms with Crippen LogP contribution in [0, 0.1) is 5.92 Å². The molecule has 0 aliphatic heterocycles. The average molecular weight is 441 g/mol. The maximum Gasteiger partial charge on any atom is 0.251 e. The Balaban J connectivity index is 1.94. The van der Waals surface area contributed by atoms with Crippen LogP contribution in [0.4, 0.5) is 0 Å². The van der Waals surface area contributed by atoms with E-state index in [2.05, 4.69) is 36.1 Å². The molecule has 0 unspecified atom stereocenters. The van der Waals surface area contributed by atoms with E-state index in [0.29, 0.717) is 46.7 Å². The first-order chi connectivity index (χ1) is 14.9. The molecule has 2 heterocycles. The highest BCUT2D eigenvalue weighted by atomic mass is 35.5. The van der Waals surface area contributed by atoms with Gasteiger partial charge in [-0.15, -0.1) is 0 Å². The highest BCUT2D eigenvalue weighted by Crippen LogP contribution is 2.27. The van der Waals surface area contributed by atoms with Crippen LogP contribution in [0.2, 0.25) is 5.02 Å². The van der Waals surface area contributed by atoms with Gasteiger partial charge < -0.3 is 14.9 Å². The predicted molar refractivity (Wildman–Crippen MR) is 126 cm³/mol. The fraction of sp³-hybridized carbons (Fsp3) is 0.375. The number of halogens is 1. The Morgan fingerprint density at radius 3 is 2.68 bits per heavy atom. The number of unbranched alkanes of at least 4 members (excludes halogenated alkanes) is 1. The molecule has 0 amide bonds. The zero-order valence-corrected chi connectivity index (χ0v) is 19.0. The maximum absolute atomic E-state index is 12.4. The monoisotopic (exact) mass is 440 g/mol. The van der Waals surface area contributed by atoms with Gasteiger partial charge in [0.05, 0.1) is 10.7 Å². The molecule has 0 fully saturated rings. The number of aromatic nitrogens is 3. The molecule has 3 rings (SSSR count). The third-order valence-corrected chi connectivity index (χ3v) is 5.28. The minimum absolute atomic E-state index is 0.106. The Morgan fingerprint density at radius 1 is 1.16 bits per heavy atom. The van der Waals surface area contributed by atoms with Gasteiger partial charge in [-0.25, -0.2) is 4.98 Å². The third-order valence-electron chi connectivity index (χ3n) is 4.95. The van der Waals surface area contributed by atoms with Crippen LogP contribution >= 0.6 is 11.6 Å². The first-order valence-electron chi connectivity index (χ1n) is 10.7. The molecule has 1 aromatic carbocycles. The Morgan fingerprint density at radius 2 is 1.97 bits per heavy atom. The second kappa shape index (κ2) is 10.6. The summed E-state index contributed by atoms with van der Waals surface area (Å²) in [6.07, 6.45) is 3.71. The lowest BCUT2D eigenvalue weighted by Crippen LogP contribution is -2.19. The van der Waals surface area contributed by atoms with Crippen LogP contribution in [-0.2, 0) is 13.1 Å². The van der Waals surface area contributed by atoms with Crippen molar-refractivity contribution in [3.8, 4) is 22.6 Å². The van der Waals surface area contributed by atoms with E-state index < -0.39 is 0 Å². The van der Waals surface area contributed by atoms with Crippen LogP contribution in [0.15, 0.2) is 52.2 Å². The van der Waals surface area contributed by atoms with Crippen molar-refractivity contribution in [2.24, 2.45) is 5.92 Å². The number of rotatable bonds is 9. The molecular weight excluding hydrogens is 412 g/mol. The Kier molecular flexibility index (Phi) is 7.82. The smallest absolute Gasteiger partial charge is 0.251 e. The predicted octanol–water partition coefficient (Wildman–Crippen LogP) is 4.46. The maximum atomic E-state index is 12.4. The number of nitrogens with zero attached hydrogens (tertiary/aromatic N) is 2. The third kappa shape index (κ3) is 6.15. The van der Waals surface area contributed by atoms with Crippen molar-refractivity contribution in [2.45, 2.75) is 46.7 Å². The second-order valence-corrected chi connectivity index (χ2v) is 8.53. The van der Waals surface area contributed by atoms with Crippen LogP contribution in [0.3, 0.4) is 0 Å². The molecule has 31 heavy (non-hydrogen) atoms. The van der Waals surface area contributed by atoms with Gasteiger partial charge in [-0.05, 0) is 42.6 Å². The summed E-state index contributed by atoms with van der Waals surface area (Å²) in [5, 5.41) is 3.90. The lowest BCUT2D eigenvalue weighted by Gasteiger charge is -2.11. The Labute approximate surface area is 187 Å². The zero-order valence-electron chi connectivity index (χ0n) is 18.2. The molecule has 2 N–H and O–H groups in total. The topological polar surface area (TPSA) is 79.8 Å². The van der Waals surface area contributed by atoms with Gasteiger partial charge in [0.1, 0.15) is 5.82 Å². The molecule has 0 aliphatic rings. The van der Waals surface area contributed by atoms with E-state index >= 15 is 0 Å². The molecule has 0 saturated carbocycles.